The van der Waals surface area contributed by atoms with Gasteiger partial charge in [-0.1, -0.05) is 61.2 Å². The van der Waals surface area contributed by atoms with Gasteiger partial charge in [0.25, 0.3) is 0 Å². The molecule has 8 nitrogen and oxygen atoms in total. The van der Waals surface area contributed by atoms with Crippen LogP contribution in [-0.2, 0) is 26.2 Å². The molecule has 36 heavy (non-hydrogen) atoms. The molecule has 2 amide bonds. The minimum Gasteiger partial charge on any atom is -0.495 e. The SMILES string of the molecule is COc1ccccc1N(CC(=O)N(Cc1cccc(C)c1)[C@@H](C)C(=O)NC1CCCCC1)S(C)(=O)=O. The number of ether oxygens (including phenoxy) is 1. The number of nitrogens with one attached hydrogen (secondary N) is 1. The Labute approximate surface area is 214 Å². The number of hydrogen-bond donors (Lipinski definition) is 1. The second-order valence-corrected chi connectivity index (χ2v) is 11.4. The molecule has 0 spiro atoms. The van der Waals surface area contributed by atoms with Crippen LogP contribution in [-0.4, -0.2) is 57.1 Å². The van der Waals surface area contributed by atoms with Crippen LogP contribution in [0.15, 0.2) is 48.5 Å². The van der Waals surface area contributed by atoms with Crippen molar-refractivity contribution in [3.8, 4) is 5.75 Å². The fraction of sp³-hybridized carbons (Fsp3) is 0.481. The van der Waals surface area contributed by atoms with Gasteiger partial charge < -0.3 is 15.0 Å². The number of carbonyl (C=O) groups excluding carboxylic acids is 2. The zero-order valence-corrected chi connectivity index (χ0v) is 22.4. The molecule has 0 saturated heterocycles. The van der Waals surface area contributed by atoms with Crippen LogP contribution in [0.4, 0.5) is 5.69 Å². The molecule has 0 bridgehead atoms. The number of carbonyl (C=O) groups is 2. The van der Waals surface area contributed by atoms with Crippen molar-refractivity contribution in [1.29, 1.82) is 0 Å². The first-order valence-electron chi connectivity index (χ1n) is 12.4. The quantitative estimate of drug-likeness (QED) is 0.521. The minimum atomic E-state index is -3.82. The number of methoxy groups -OCH3 is 1. The van der Waals surface area contributed by atoms with Gasteiger partial charge in [-0.25, -0.2) is 8.42 Å². The molecule has 1 saturated carbocycles. The first kappa shape index (κ1) is 27.5. The number of aryl methyl sites for hydroxylation is 1. The number of sulfonamides is 1. The zero-order chi connectivity index (χ0) is 26.3. The van der Waals surface area contributed by atoms with E-state index >= 15 is 0 Å². The minimum absolute atomic E-state index is 0.103. The lowest BCUT2D eigenvalue weighted by Gasteiger charge is -2.33. The van der Waals surface area contributed by atoms with E-state index < -0.39 is 28.5 Å². The van der Waals surface area contributed by atoms with Crippen LogP contribution in [0.3, 0.4) is 0 Å². The molecule has 0 unspecified atom stereocenters. The van der Waals surface area contributed by atoms with E-state index in [1.807, 2.05) is 31.2 Å². The summed E-state index contributed by atoms with van der Waals surface area (Å²) >= 11 is 0. The summed E-state index contributed by atoms with van der Waals surface area (Å²) < 4.78 is 31.9. The number of anilines is 1. The van der Waals surface area contributed by atoms with E-state index in [2.05, 4.69) is 5.32 Å². The lowest BCUT2D eigenvalue weighted by Crippen LogP contribution is -2.53. The van der Waals surface area contributed by atoms with Gasteiger partial charge in [0.15, 0.2) is 0 Å². The Bertz CT molecular complexity index is 1160. The molecule has 9 heteroatoms. The Hall–Kier alpha value is -3.07. The third kappa shape index (κ3) is 7.22. The summed E-state index contributed by atoms with van der Waals surface area (Å²) in [7, 11) is -2.37. The summed E-state index contributed by atoms with van der Waals surface area (Å²) in [5.74, 6) is -0.366. The topological polar surface area (TPSA) is 96.0 Å². The number of nitrogens with zero attached hydrogens (tertiary/aromatic N) is 2. The lowest BCUT2D eigenvalue weighted by molar-refractivity contribution is -0.139. The Balaban J connectivity index is 1.89. The van der Waals surface area contributed by atoms with Gasteiger partial charge in [-0.3, -0.25) is 13.9 Å². The molecule has 1 atom stereocenters. The highest BCUT2D eigenvalue weighted by Gasteiger charge is 2.32. The molecule has 2 aromatic rings. The maximum Gasteiger partial charge on any atom is 0.244 e. The molecule has 1 aliphatic carbocycles. The highest BCUT2D eigenvalue weighted by atomic mass is 32.2. The van der Waals surface area contributed by atoms with Crippen molar-refractivity contribution in [2.24, 2.45) is 0 Å². The molecular weight excluding hydrogens is 478 g/mol. The van der Waals surface area contributed by atoms with Gasteiger partial charge in [0, 0.05) is 12.6 Å². The Morgan fingerprint density at radius 2 is 1.78 bits per heavy atom. The smallest absolute Gasteiger partial charge is 0.244 e. The fourth-order valence-electron chi connectivity index (χ4n) is 4.59. The molecule has 2 aromatic carbocycles. The summed E-state index contributed by atoms with van der Waals surface area (Å²) in [5, 5.41) is 3.10. The van der Waals surface area contributed by atoms with E-state index in [1.54, 1.807) is 31.2 Å². The molecule has 1 N–H and O–H groups in total. The number of rotatable bonds is 10. The van der Waals surface area contributed by atoms with Crippen molar-refractivity contribution in [3.05, 3.63) is 59.7 Å². The monoisotopic (exact) mass is 515 g/mol. The fourth-order valence-corrected chi connectivity index (χ4v) is 5.44. The van der Waals surface area contributed by atoms with Crippen LogP contribution in [0.1, 0.15) is 50.2 Å². The van der Waals surface area contributed by atoms with Gasteiger partial charge in [-0.05, 0) is 44.4 Å². The van der Waals surface area contributed by atoms with Gasteiger partial charge >= 0.3 is 0 Å². The van der Waals surface area contributed by atoms with Gasteiger partial charge in [-0.2, -0.15) is 0 Å². The van der Waals surface area contributed by atoms with Gasteiger partial charge in [-0.15, -0.1) is 0 Å². The van der Waals surface area contributed by atoms with E-state index in [4.69, 9.17) is 4.74 Å². The summed E-state index contributed by atoms with van der Waals surface area (Å²) in [4.78, 5) is 28.4. The normalized spacial score (nSPS) is 15.1. The third-order valence-corrected chi connectivity index (χ3v) is 7.71. The van der Waals surface area contributed by atoms with E-state index in [-0.39, 0.29) is 24.2 Å². The molecule has 1 fully saturated rings. The third-order valence-electron chi connectivity index (χ3n) is 6.59. The first-order valence-corrected chi connectivity index (χ1v) is 14.2. The van der Waals surface area contributed by atoms with Crippen LogP contribution in [0.5, 0.6) is 5.75 Å². The van der Waals surface area contributed by atoms with E-state index in [0.29, 0.717) is 5.75 Å². The Morgan fingerprint density at radius 1 is 1.08 bits per heavy atom. The highest BCUT2D eigenvalue weighted by molar-refractivity contribution is 7.92. The van der Waals surface area contributed by atoms with Crippen LogP contribution in [0.2, 0.25) is 0 Å². The average Bonchev–Trinajstić information content (AvgIpc) is 2.85. The molecule has 0 aromatic heterocycles. The molecule has 0 radical (unpaired) electrons. The summed E-state index contributed by atoms with van der Waals surface area (Å²) in [6.45, 7) is 3.39. The number of amides is 2. The van der Waals surface area contributed by atoms with Crippen molar-refractivity contribution in [3.63, 3.8) is 0 Å². The maximum atomic E-state index is 13.7. The number of para-hydroxylation sites is 2. The second kappa shape index (κ2) is 12.3. The van der Waals surface area contributed by atoms with E-state index in [1.165, 1.54) is 18.4 Å². The number of hydrogen-bond acceptors (Lipinski definition) is 5. The van der Waals surface area contributed by atoms with Crippen molar-refractivity contribution >= 4 is 27.5 Å². The largest absolute Gasteiger partial charge is 0.495 e. The molecular formula is C27H37N3O5S. The van der Waals surface area contributed by atoms with Crippen molar-refractivity contribution in [2.75, 3.05) is 24.2 Å². The second-order valence-electron chi connectivity index (χ2n) is 9.47. The predicted molar refractivity (Wildman–Crippen MR) is 141 cm³/mol. The van der Waals surface area contributed by atoms with Crippen molar-refractivity contribution in [2.45, 2.75) is 64.6 Å². The molecule has 0 aliphatic heterocycles. The van der Waals surface area contributed by atoms with Crippen LogP contribution in [0.25, 0.3) is 0 Å². The molecule has 1 aliphatic rings. The highest BCUT2D eigenvalue weighted by Crippen LogP contribution is 2.29. The van der Waals surface area contributed by atoms with Gasteiger partial charge in [0.05, 0.1) is 19.1 Å². The zero-order valence-electron chi connectivity index (χ0n) is 21.6. The van der Waals surface area contributed by atoms with Crippen molar-refractivity contribution < 1.29 is 22.7 Å². The summed E-state index contributed by atoms with van der Waals surface area (Å²) in [6.07, 6.45) is 6.24. The van der Waals surface area contributed by atoms with Crippen LogP contribution < -0.4 is 14.4 Å². The Morgan fingerprint density at radius 3 is 2.42 bits per heavy atom. The van der Waals surface area contributed by atoms with Crippen LogP contribution in [0, 0.1) is 6.92 Å². The predicted octanol–water partition coefficient (Wildman–Crippen LogP) is 3.64. The molecule has 0 heterocycles. The number of benzene rings is 2. The summed E-state index contributed by atoms with van der Waals surface area (Å²) in [5.41, 5.74) is 2.17. The Kier molecular flexibility index (Phi) is 9.37. The lowest BCUT2D eigenvalue weighted by atomic mass is 9.95. The van der Waals surface area contributed by atoms with Crippen molar-refractivity contribution in [1.82, 2.24) is 10.2 Å². The maximum absolute atomic E-state index is 13.7. The molecule has 3 rings (SSSR count). The van der Waals surface area contributed by atoms with Gasteiger partial charge in [0.2, 0.25) is 21.8 Å². The summed E-state index contributed by atoms with van der Waals surface area (Å²) in [6, 6.07) is 13.7. The first-order chi connectivity index (χ1) is 17.1. The van der Waals surface area contributed by atoms with Gasteiger partial charge in [0.1, 0.15) is 18.3 Å². The van der Waals surface area contributed by atoms with E-state index in [9.17, 15) is 18.0 Å². The molecule has 196 valence electrons. The van der Waals surface area contributed by atoms with Crippen LogP contribution >= 0.6 is 0 Å². The van der Waals surface area contributed by atoms with E-state index in [0.717, 1.165) is 47.4 Å². The standard InChI is InChI=1S/C27H37N3O5S/c1-20-11-10-12-22(17-20)18-29(21(2)27(32)28-23-13-6-5-7-14-23)26(31)19-30(36(4,33)34)24-15-8-9-16-25(24)35-3/h8-12,15-17,21,23H,5-7,13-14,18-19H2,1-4H3,(H,28,32)/t21-/m0/s1. The average molecular weight is 516 g/mol.